The lowest BCUT2D eigenvalue weighted by molar-refractivity contribution is -0.0503. The van der Waals surface area contributed by atoms with Gasteiger partial charge < -0.3 is 9.84 Å². The summed E-state index contributed by atoms with van der Waals surface area (Å²) in [6.07, 6.45) is 0. The zero-order valence-corrected chi connectivity index (χ0v) is 9.87. The van der Waals surface area contributed by atoms with Gasteiger partial charge in [0.05, 0.1) is 5.56 Å². The summed E-state index contributed by atoms with van der Waals surface area (Å²) in [5, 5.41) is 17.9. The number of carbonyl (C=O) groups is 1. The van der Waals surface area contributed by atoms with E-state index in [2.05, 4.69) is 20.7 Å². The average molecular weight is 306 g/mol. The Morgan fingerprint density at radius 2 is 2.24 bits per heavy atom. The average Bonchev–Trinajstić information content (AvgIpc) is 2.26. The summed E-state index contributed by atoms with van der Waals surface area (Å²) in [4.78, 5) is 10.9. The minimum atomic E-state index is -3.15. The molecular formula is C10H6BrF2NO3. The summed E-state index contributed by atoms with van der Waals surface area (Å²) in [5.41, 5.74) is -0.301. The van der Waals surface area contributed by atoms with E-state index in [0.29, 0.717) is 10.9 Å². The quantitative estimate of drug-likeness (QED) is 0.868. The minimum absolute atomic E-state index is 0.218. The number of ether oxygens (including phenoxy) is 1. The zero-order chi connectivity index (χ0) is 13.0. The van der Waals surface area contributed by atoms with Crippen LogP contribution in [0.1, 0.15) is 21.5 Å². The van der Waals surface area contributed by atoms with Crippen LogP contribution in [0.2, 0.25) is 0 Å². The lowest BCUT2D eigenvalue weighted by atomic mass is 10.0. The van der Waals surface area contributed by atoms with E-state index in [1.54, 1.807) is 6.07 Å². The number of aromatic carboxylic acids is 1. The molecule has 0 atom stereocenters. The van der Waals surface area contributed by atoms with Gasteiger partial charge in [-0.25, -0.2) is 4.79 Å². The first-order chi connectivity index (χ1) is 7.99. The fourth-order valence-electron chi connectivity index (χ4n) is 1.25. The van der Waals surface area contributed by atoms with E-state index in [-0.39, 0.29) is 5.56 Å². The van der Waals surface area contributed by atoms with Gasteiger partial charge in [0.25, 0.3) is 0 Å². The summed E-state index contributed by atoms with van der Waals surface area (Å²) in [6.45, 7) is -3.15. The molecule has 0 saturated heterocycles. The van der Waals surface area contributed by atoms with E-state index in [0.717, 1.165) is 6.07 Å². The van der Waals surface area contributed by atoms with Gasteiger partial charge in [0, 0.05) is 5.33 Å². The summed E-state index contributed by atoms with van der Waals surface area (Å²) in [6, 6.07) is 4.10. The molecule has 1 N–H and O–H groups in total. The number of benzene rings is 1. The number of carboxylic acids is 1. The van der Waals surface area contributed by atoms with Crippen molar-refractivity contribution in [2.24, 2.45) is 0 Å². The van der Waals surface area contributed by atoms with Crippen LogP contribution in [0.25, 0.3) is 0 Å². The molecule has 0 aromatic heterocycles. The minimum Gasteiger partial charge on any atom is -0.478 e. The Hall–Kier alpha value is -1.68. The van der Waals surface area contributed by atoms with Crippen molar-refractivity contribution >= 4 is 21.9 Å². The van der Waals surface area contributed by atoms with E-state index in [1.807, 2.05) is 0 Å². The van der Waals surface area contributed by atoms with E-state index in [4.69, 9.17) is 10.4 Å². The van der Waals surface area contributed by atoms with Gasteiger partial charge in [-0.3, -0.25) is 0 Å². The number of rotatable bonds is 4. The van der Waals surface area contributed by atoms with Crippen molar-refractivity contribution in [3.63, 3.8) is 0 Å². The van der Waals surface area contributed by atoms with Gasteiger partial charge in [-0.05, 0) is 17.7 Å². The molecule has 0 aliphatic rings. The summed E-state index contributed by atoms with van der Waals surface area (Å²) >= 11 is 3.08. The first kappa shape index (κ1) is 13.4. The normalized spacial score (nSPS) is 10.1. The molecule has 1 aromatic carbocycles. The highest BCUT2D eigenvalue weighted by atomic mass is 79.9. The number of hydrogen-bond acceptors (Lipinski definition) is 3. The molecule has 0 unspecified atom stereocenters. The predicted molar refractivity (Wildman–Crippen MR) is 57.4 cm³/mol. The Kier molecular flexibility index (Phi) is 4.40. The highest BCUT2D eigenvalue weighted by Crippen LogP contribution is 2.27. The van der Waals surface area contributed by atoms with Crippen LogP contribution >= 0.6 is 15.9 Å². The molecule has 17 heavy (non-hydrogen) atoms. The van der Waals surface area contributed by atoms with E-state index in [1.165, 1.54) is 6.07 Å². The lowest BCUT2D eigenvalue weighted by Crippen LogP contribution is -2.10. The van der Waals surface area contributed by atoms with Crippen molar-refractivity contribution in [3.8, 4) is 11.8 Å². The maximum atomic E-state index is 12.1. The third kappa shape index (κ3) is 3.14. The molecule has 0 aliphatic carbocycles. The van der Waals surface area contributed by atoms with Gasteiger partial charge in [0.15, 0.2) is 0 Å². The Morgan fingerprint density at radius 1 is 1.59 bits per heavy atom. The third-order valence-corrected chi connectivity index (χ3v) is 2.51. The number of halogens is 3. The van der Waals surface area contributed by atoms with E-state index >= 15 is 0 Å². The highest BCUT2D eigenvalue weighted by molar-refractivity contribution is 9.08. The molecule has 0 radical (unpaired) electrons. The largest absolute Gasteiger partial charge is 0.478 e. The van der Waals surface area contributed by atoms with Crippen LogP contribution in [0.15, 0.2) is 12.1 Å². The van der Waals surface area contributed by atoms with Crippen molar-refractivity contribution in [2.75, 3.05) is 0 Å². The lowest BCUT2D eigenvalue weighted by Gasteiger charge is -2.10. The number of alkyl halides is 3. The second-order valence-corrected chi connectivity index (χ2v) is 3.51. The highest BCUT2D eigenvalue weighted by Gasteiger charge is 2.20. The summed E-state index contributed by atoms with van der Waals surface area (Å²) < 4.78 is 28.4. The Balaban J connectivity index is 3.42. The third-order valence-electron chi connectivity index (χ3n) is 1.87. The topological polar surface area (TPSA) is 70.3 Å². The second-order valence-electron chi connectivity index (χ2n) is 2.95. The van der Waals surface area contributed by atoms with Crippen LogP contribution < -0.4 is 4.74 Å². The first-order valence-corrected chi connectivity index (χ1v) is 5.42. The van der Waals surface area contributed by atoms with Crippen molar-refractivity contribution in [2.45, 2.75) is 11.9 Å². The predicted octanol–water partition coefficient (Wildman–Crippen LogP) is 2.75. The van der Waals surface area contributed by atoms with Gasteiger partial charge in [-0.1, -0.05) is 15.9 Å². The molecule has 0 bridgehead atoms. The maximum Gasteiger partial charge on any atom is 0.387 e. The molecule has 0 spiro atoms. The number of nitriles is 1. The summed E-state index contributed by atoms with van der Waals surface area (Å²) in [5.74, 6) is -2.00. The molecule has 0 aliphatic heterocycles. The van der Waals surface area contributed by atoms with Gasteiger partial charge in [0.1, 0.15) is 17.4 Å². The maximum absolute atomic E-state index is 12.1. The van der Waals surface area contributed by atoms with Crippen LogP contribution in [-0.4, -0.2) is 17.7 Å². The Labute approximate surface area is 104 Å². The van der Waals surface area contributed by atoms with Crippen LogP contribution in [0, 0.1) is 11.3 Å². The van der Waals surface area contributed by atoms with Crippen molar-refractivity contribution in [1.29, 1.82) is 5.26 Å². The Morgan fingerprint density at radius 3 is 2.65 bits per heavy atom. The summed E-state index contributed by atoms with van der Waals surface area (Å²) in [7, 11) is 0. The molecule has 90 valence electrons. The second kappa shape index (κ2) is 5.59. The molecule has 7 heteroatoms. The number of hydrogen-bond donors (Lipinski definition) is 1. The molecule has 0 saturated carbocycles. The van der Waals surface area contributed by atoms with E-state index in [9.17, 15) is 13.6 Å². The molecular weight excluding hydrogens is 300 g/mol. The van der Waals surface area contributed by atoms with Crippen molar-refractivity contribution < 1.29 is 23.4 Å². The zero-order valence-electron chi connectivity index (χ0n) is 8.28. The van der Waals surface area contributed by atoms with Crippen LogP contribution in [0.3, 0.4) is 0 Å². The monoisotopic (exact) mass is 305 g/mol. The molecule has 0 fully saturated rings. The first-order valence-electron chi connectivity index (χ1n) is 4.30. The smallest absolute Gasteiger partial charge is 0.387 e. The molecule has 4 nitrogen and oxygen atoms in total. The van der Waals surface area contributed by atoms with E-state index < -0.39 is 23.9 Å². The van der Waals surface area contributed by atoms with Crippen molar-refractivity contribution in [1.82, 2.24) is 0 Å². The van der Waals surface area contributed by atoms with Gasteiger partial charge in [-0.15, -0.1) is 0 Å². The molecule has 0 heterocycles. The standard InChI is InChI=1S/C10H6BrF2NO3/c11-3-5-1-6(4-14)8(9(15)16)7(2-5)17-10(12)13/h1-2,10H,3H2,(H,15,16). The SMILES string of the molecule is N#Cc1cc(CBr)cc(OC(F)F)c1C(=O)O. The van der Waals surface area contributed by atoms with Crippen LogP contribution in [0.4, 0.5) is 8.78 Å². The van der Waals surface area contributed by atoms with Crippen LogP contribution in [-0.2, 0) is 5.33 Å². The fourth-order valence-corrected chi connectivity index (χ4v) is 1.57. The van der Waals surface area contributed by atoms with Gasteiger partial charge >= 0.3 is 12.6 Å². The van der Waals surface area contributed by atoms with Crippen LogP contribution in [0.5, 0.6) is 5.75 Å². The fraction of sp³-hybridized carbons (Fsp3) is 0.200. The van der Waals surface area contributed by atoms with Crippen molar-refractivity contribution in [3.05, 3.63) is 28.8 Å². The molecule has 1 aromatic rings. The molecule has 1 rings (SSSR count). The van der Waals surface area contributed by atoms with Gasteiger partial charge in [-0.2, -0.15) is 14.0 Å². The van der Waals surface area contributed by atoms with Gasteiger partial charge in [0.2, 0.25) is 0 Å². The number of carboxylic acid groups (broad SMARTS) is 1. The number of nitrogens with zero attached hydrogens (tertiary/aromatic N) is 1. The Bertz CT molecular complexity index is 485. The molecule has 0 amide bonds.